The first-order valence-electron chi connectivity index (χ1n) is 10.1. The summed E-state index contributed by atoms with van der Waals surface area (Å²) in [7, 11) is 0. The van der Waals surface area contributed by atoms with E-state index in [-0.39, 0.29) is 24.2 Å². The zero-order valence-corrected chi connectivity index (χ0v) is 17.0. The fourth-order valence-electron chi connectivity index (χ4n) is 4.42. The van der Waals surface area contributed by atoms with Gasteiger partial charge in [-0.15, -0.1) is 0 Å². The van der Waals surface area contributed by atoms with Crippen molar-refractivity contribution >= 4 is 16.9 Å². The third-order valence-corrected chi connectivity index (χ3v) is 6.03. The average molecular weight is 391 g/mol. The number of fused-ring (bicyclic) bond motifs is 3. The zero-order chi connectivity index (χ0) is 20.2. The van der Waals surface area contributed by atoms with Crippen LogP contribution in [0.4, 0.5) is 0 Å². The molecule has 0 saturated heterocycles. The van der Waals surface area contributed by atoms with Crippen molar-refractivity contribution in [1.29, 1.82) is 0 Å². The van der Waals surface area contributed by atoms with Gasteiger partial charge in [0.1, 0.15) is 0 Å². The van der Waals surface area contributed by atoms with Crippen LogP contribution in [0.3, 0.4) is 0 Å². The number of nitrogens with zero attached hydrogens (tertiary/aromatic N) is 2. The minimum Gasteiger partial charge on any atom is -0.454 e. The quantitative estimate of drug-likeness (QED) is 0.682. The number of hydrogen-bond donors (Lipinski definition) is 1. The summed E-state index contributed by atoms with van der Waals surface area (Å²) in [5, 5.41) is 0. The molecule has 0 spiro atoms. The largest absolute Gasteiger partial charge is 0.454 e. The van der Waals surface area contributed by atoms with Gasteiger partial charge in [0.25, 0.3) is 5.91 Å². The molecule has 2 aromatic carbocycles. The van der Waals surface area contributed by atoms with Crippen molar-refractivity contribution in [2.45, 2.75) is 39.7 Å². The maximum Gasteiger partial charge on any atom is 0.254 e. The summed E-state index contributed by atoms with van der Waals surface area (Å²) < 4.78 is 11.2. The van der Waals surface area contributed by atoms with Gasteiger partial charge in [0, 0.05) is 18.2 Å². The first-order valence-corrected chi connectivity index (χ1v) is 10.1. The van der Waals surface area contributed by atoms with Gasteiger partial charge in [-0.3, -0.25) is 4.79 Å². The molecule has 5 rings (SSSR count). The van der Waals surface area contributed by atoms with Crippen LogP contribution in [-0.2, 0) is 12.8 Å². The van der Waals surface area contributed by atoms with Gasteiger partial charge in [-0.1, -0.05) is 20.8 Å². The standard InChI is InChI=1S/C23H25N3O3/c1-23(2,3)21-11-16-10-20-19(28-13-29-20)9-14(16)6-7-26(21)22(27)15-4-5-17-18(8-15)25-12-24-17/h4-5,8-10,12,21H,6-7,11,13H2,1-3H3,(H,24,25). The van der Waals surface area contributed by atoms with E-state index >= 15 is 0 Å². The number of imidazole rings is 1. The highest BCUT2D eigenvalue weighted by Crippen LogP contribution is 2.39. The van der Waals surface area contributed by atoms with Crippen molar-refractivity contribution < 1.29 is 14.3 Å². The summed E-state index contributed by atoms with van der Waals surface area (Å²) in [4.78, 5) is 23.0. The van der Waals surface area contributed by atoms with E-state index in [0.717, 1.165) is 35.4 Å². The van der Waals surface area contributed by atoms with Crippen molar-refractivity contribution in [2.24, 2.45) is 5.41 Å². The number of rotatable bonds is 1. The average Bonchev–Trinajstić information content (AvgIpc) is 3.29. The van der Waals surface area contributed by atoms with Crippen LogP contribution in [0.25, 0.3) is 11.0 Å². The van der Waals surface area contributed by atoms with Gasteiger partial charge in [-0.05, 0) is 59.7 Å². The van der Waals surface area contributed by atoms with Gasteiger partial charge in [0.05, 0.1) is 17.4 Å². The van der Waals surface area contributed by atoms with Crippen LogP contribution in [0.2, 0.25) is 0 Å². The molecule has 6 heteroatoms. The van der Waals surface area contributed by atoms with Gasteiger partial charge in [-0.25, -0.2) is 4.98 Å². The van der Waals surface area contributed by atoms with Gasteiger partial charge in [0.2, 0.25) is 6.79 Å². The normalized spacial score (nSPS) is 18.6. The molecule has 3 heterocycles. The minimum atomic E-state index is -0.0638. The molecule has 1 unspecified atom stereocenters. The first kappa shape index (κ1) is 18.0. The highest BCUT2D eigenvalue weighted by Gasteiger charge is 2.36. The Bertz CT molecular complexity index is 1100. The summed E-state index contributed by atoms with van der Waals surface area (Å²) in [5.41, 5.74) is 4.86. The molecule has 6 nitrogen and oxygen atoms in total. The van der Waals surface area contributed by atoms with Crippen molar-refractivity contribution in [2.75, 3.05) is 13.3 Å². The van der Waals surface area contributed by atoms with E-state index in [1.165, 1.54) is 11.1 Å². The van der Waals surface area contributed by atoms with Crippen LogP contribution in [0.15, 0.2) is 36.7 Å². The SMILES string of the molecule is CC(C)(C)C1Cc2cc3c(cc2CCN1C(=O)c1ccc2nc[nH]c2c1)OCO3. The number of hydrogen-bond acceptors (Lipinski definition) is 4. The van der Waals surface area contributed by atoms with Crippen molar-refractivity contribution in [1.82, 2.24) is 14.9 Å². The van der Waals surface area contributed by atoms with Crippen molar-refractivity contribution in [3.05, 3.63) is 53.3 Å². The molecule has 0 fully saturated rings. The molecular formula is C23H25N3O3. The third kappa shape index (κ3) is 3.12. The lowest BCUT2D eigenvalue weighted by molar-refractivity contribution is 0.0532. The molecule has 1 amide bonds. The number of benzene rings is 2. The number of amides is 1. The van der Waals surface area contributed by atoms with Gasteiger partial charge in [0.15, 0.2) is 11.5 Å². The number of nitrogens with one attached hydrogen (secondary N) is 1. The molecule has 3 aromatic rings. The molecule has 0 saturated carbocycles. The molecule has 1 N–H and O–H groups in total. The first-order chi connectivity index (χ1) is 13.9. The lowest BCUT2D eigenvalue weighted by Gasteiger charge is -2.39. The molecule has 2 aliphatic rings. The number of aromatic amines is 1. The fraction of sp³-hybridized carbons (Fsp3) is 0.391. The van der Waals surface area contributed by atoms with E-state index in [1.807, 2.05) is 23.1 Å². The van der Waals surface area contributed by atoms with E-state index in [1.54, 1.807) is 6.33 Å². The molecule has 0 bridgehead atoms. The Hall–Kier alpha value is -3.02. The Kier molecular flexibility index (Phi) is 4.05. The summed E-state index contributed by atoms with van der Waals surface area (Å²) >= 11 is 0. The second kappa shape index (κ2) is 6.51. The highest BCUT2D eigenvalue weighted by atomic mass is 16.7. The van der Waals surface area contributed by atoms with Crippen molar-refractivity contribution in [3.8, 4) is 11.5 Å². The maximum absolute atomic E-state index is 13.6. The van der Waals surface area contributed by atoms with Crippen LogP contribution in [0, 0.1) is 5.41 Å². The molecule has 2 aliphatic heterocycles. The van der Waals surface area contributed by atoms with E-state index in [2.05, 4.69) is 42.9 Å². The summed E-state index contributed by atoms with van der Waals surface area (Å²) in [6, 6.07) is 9.94. The molecular weight excluding hydrogens is 366 g/mol. The summed E-state index contributed by atoms with van der Waals surface area (Å²) in [6.07, 6.45) is 3.26. The Morgan fingerprint density at radius 2 is 1.90 bits per heavy atom. The Morgan fingerprint density at radius 3 is 2.66 bits per heavy atom. The Labute approximate surface area is 169 Å². The maximum atomic E-state index is 13.6. The topological polar surface area (TPSA) is 67.5 Å². The van der Waals surface area contributed by atoms with E-state index in [4.69, 9.17) is 9.47 Å². The number of H-pyrrole nitrogens is 1. The smallest absolute Gasteiger partial charge is 0.254 e. The molecule has 0 radical (unpaired) electrons. The predicted octanol–water partition coefficient (Wildman–Crippen LogP) is 3.95. The fourth-order valence-corrected chi connectivity index (χ4v) is 4.42. The van der Waals surface area contributed by atoms with Crippen molar-refractivity contribution in [3.63, 3.8) is 0 Å². The summed E-state index contributed by atoms with van der Waals surface area (Å²) in [5.74, 6) is 1.68. The second-order valence-corrected chi connectivity index (χ2v) is 8.94. The van der Waals surface area contributed by atoms with E-state index in [9.17, 15) is 4.79 Å². The number of carbonyl (C=O) groups excluding carboxylic acids is 1. The molecule has 150 valence electrons. The van der Waals surface area contributed by atoms with E-state index in [0.29, 0.717) is 12.1 Å². The lowest BCUT2D eigenvalue weighted by atomic mass is 9.81. The lowest BCUT2D eigenvalue weighted by Crippen LogP contribution is -2.48. The number of carbonyl (C=O) groups is 1. The van der Waals surface area contributed by atoms with Crippen LogP contribution in [-0.4, -0.2) is 40.2 Å². The predicted molar refractivity (Wildman–Crippen MR) is 110 cm³/mol. The van der Waals surface area contributed by atoms with Crippen LogP contribution >= 0.6 is 0 Å². The number of ether oxygens (including phenoxy) is 2. The Balaban J connectivity index is 1.52. The molecule has 1 aromatic heterocycles. The third-order valence-electron chi connectivity index (χ3n) is 6.03. The second-order valence-electron chi connectivity index (χ2n) is 8.94. The Morgan fingerprint density at radius 1 is 1.14 bits per heavy atom. The van der Waals surface area contributed by atoms with Crippen LogP contribution in [0.1, 0.15) is 42.3 Å². The minimum absolute atomic E-state index is 0.0638. The summed E-state index contributed by atoms with van der Waals surface area (Å²) in [6.45, 7) is 7.56. The van der Waals surface area contributed by atoms with Gasteiger partial charge < -0.3 is 19.4 Å². The van der Waals surface area contributed by atoms with E-state index < -0.39 is 0 Å². The van der Waals surface area contributed by atoms with Crippen LogP contribution in [0.5, 0.6) is 11.5 Å². The molecule has 29 heavy (non-hydrogen) atoms. The highest BCUT2D eigenvalue weighted by molar-refractivity contribution is 5.97. The number of aromatic nitrogens is 2. The van der Waals surface area contributed by atoms with Gasteiger partial charge >= 0.3 is 0 Å². The molecule has 1 atom stereocenters. The molecule has 0 aliphatic carbocycles. The van der Waals surface area contributed by atoms with Gasteiger partial charge in [-0.2, -0.15) is 0 Å². The monoisotopic (exact) mass is 391 g/mol. The van der Waals surface area contributed by atoms with Crippen LogP contribution < -0.4 is 9.47 Å². The zero-order valence-electron chi connectivity index (χ0n) is 17.0.